The second kappa shape index (κ2) is 6.18. The topological polar surface area (TPSA) is 81.7 Å². The Morgan fingerprint density at radius 2 is 1.96 bits per heavy atom. The molecule has 3 aromatic rings. The first-order valence-corrected chi connectivity index (χ1v) is 7.17. The minimum absolute atomic E-state index is 0.0886. The summed E-state index contributed by atoms with van der Waals surface area (Å²) in [6.45, 7) is 0.463. The number of hydrogen-bond donors (Lipinski definition) is 1. The van der Waals surface area contributed by atoms with Gasteiger partial charge in [-0.25, -0.2) is 9.59 Å². The van der Waals surface area contributed by atoms with Gasteiger partial charge in [0.2, 0.25) is 0 Å². The predicted molar refractivity (Wildman–Crippen MR) is 84.4 cm³/mol. The average molecular weight is 334 g/mol. The number of aromatic carboxylic acids is 1. The molecule has 7 heteroatoms. The lowest BCUT2D eigenvalue weighted by Crippen LogP contribution is -2.18. The van der Waals surface area contributed by atoms with Crippen LogP contribution in [0, 0.1) is 0 Å². The van der Waals surface area contributed by atoms with Crippen LogP contribution in [0.2, 0.25) is 5.02 Å². The maximum Gasteiger partial charge on any atom is 0.420 e. The Bertz CT molecular complexity index is 910. The van der Waals surface area contributed by atoms with Crippen LogP contribution in [0.1, 0.15) is 10.4 Å². The molecule has 0 aliphatic heterocycles. The van der Waals surface area contributed by atoms with Gasteiger partial charge < -0.3 is 14.3 Å². The fourth-order valence-electron chi connectivity index (χ4n) is 2.19. The number of halogens is 1. The van der Waals surface area contributed by atoms with Gasteiger partial charge in [-0.15, -0.1) is 0 Å². The molecule has 2 aromatic carbocycles. The fourth-order valence-corrected chi connectivity index (χ4v) is 2.32. The van der Waals surface area contributed by atoms with Crippen molar-refractivity contribution in [3.63, 3.8) is 0 Å². The van der Waals surface area contributed by atoms with Gasteiger partial charge >= 0.3 is 11.7 Å². The Balaban J connectivity index is 1.80. The van der Waals surface area contributed by atoms with E-state index >= 15 is 0 Å². The summed E-state index contributed by atoms with van der Waals surface area (Å²) >= 11 is 5.79. The van der Waals surface area contributed by atoms with E-state index in [4.69, 9.17) is 25.9 Å². The average Bonchev–Trinajstić information content (AvgIpc) is 2.84. The Labute approximate surface area is 135 Å². The molecule has 0 bridgehead atoms. The van der Waals surface area contributed by atoms with E-state index < -0.39 is 11.7 Å². The molecule has 0 atom stereocenters. The minimum atomic E-state index is -1.07. The van der Waals surface area contributed by atoms with Crippen molar-refractivity contribution >= 4 is 28.7 Å². The van der Waals surface area contributed by atoms with Gasteiger partial charge in [0.05, 0.1) is 17.6 Å². The molecule has 1 aromatic heterocycles. The summed E-state index contributed by atoms with van der Waals surface area (Å²) in [5.74, 6) is -0.992. The van der Waals surface area contributed by atoms with Gasteiger partial charge in [-0.3, -0.25) is 4.57 Å². The van der Waals surface area contributed by atoms with E-state index in [-0.39, 0.29) is 18.7 Å². The zero-order chi connectivity index (χ0) is 16.4. The smallest absolute Gasteiger partial charge is 0.420 e. The van der Waals surface area contributed by atoms with E-state index in [0.29, 0.717) is 21.9 Å². The summed E-state index contributed by atoms with van der Waals surface area (Å²) in [4.78, 5) is 22.9. The highest BCUT2D eigenvalue weighted by Crippen LogP contribution is 2.17. The maximum atomic E-state index is 11.9. The Morgan fingerprint density at radius 1 is 1.22 bits per heavy atom. The summed E-state index contributed by atoms with van der Waals surface area (Å²) in [6, 6.07) is 11.1. The van der Waals surface area contributed by atoms with Crippen LogP contribution < -0.4 is 10.5 Å². The summed E-state index contributed by atoms with van der Waals surface area (Å²) < 4.78 is 12.0. The molecule has 0 unspecified atom stereocenters. The Morgan fingerprint density at radius 3 is 2.65 bits per heavy atom. The molecule has 1 N–H and O–H groups in total. The van der Waals surface area contributed by atoms with Crippen LogP contribution >= 0.6 is 11.6 Å². The van der Waals surface area contributed by atoms with Gasteiger partial charge in [0.25, 0.3) is 0 Å². The van der Waals surface area contributed by atoms with Gasteiger partial charge in [0.1, 0.15) is 12.4 Å². The second-order valence-corrected chi connectivity index (χ2v) is 5.25. The molecule has 3 rings (SSSR count). The van der Waals surface area contributed by atoms with Gasteiger partial charge in [-0.1, -0.05) is 11.6 Å². The zero-order valence-corrected chi connectivity index (χ0v) is 12.6. The molecule has 1 heterocycles. The highest BCUT2D eigenvalue weighted by molar-refractivity contribution is 6.30. The molecule has 23 heavy (non-hydrogen) atoms. The number of carboxylic acid groups (broad SMARTS) is 1. The number of fused-ring (bicyclic) bond motifs is 1. The highest BCUT2D eigenvalue weighted by atomic mass is 35.5. The molecule has 0 saturated heterocycles. The minimum Gasteiger partial charge on any atom is -0.492 e. The summed E-state index contributed by atoms with van der Waals surface area (Å²) in [5.41, 5.74) is 0.853. The highest BCUT2D eigenvalue weighted by Gasteiger charge is 2.12. The number of rotatable bonds is 5. The first-order valence-electron chi connectivity index (χ1n) is 6.79. The van der Waals surface area contributed by atoms with Crippen LogP contribution in [-0.4, -0.2) is 22.2 Å². The number of carboxylic acids is 1. The zero-order valence-electron chi connectivity index (χ0n) is 11.9. The SMILES string of the molecule is O=C(O)c1ccc2oc(=O)n(CCOc3ccc(Cl)cc3)c2c1. The van der Waals surface area contributed by atoms with Gasteiger partial charge in [-0.2, -0.15) is 0 Å². The summed E-state index contributed by atoms with van der Waals surface area (Å²) in [7, 11) is 0. The maximum absolute atomic E-state index is 11.9. The fraction of sp³-hybridized carbons (Fsp3) is 0.125. The molecule has 0 saturated carbocycles. The molecule has 0 fully saturated rings. The second-order valence-electron chi connectivity index (χ2n) is 4.81. The monoisotopic (exact) mass is 333 g/mol. The van der Waals surface area contributed by atoms with Gasteiger partial charge in [0, 0.05) is 5.02 Å². The number of benzene rings is 2. The number of ether oxygens (including phenoxy) is 1. The molecular weight excluding hydrogens is 322 g/mol. The lowest BCUT2D eigenvalue weighted by molar-refractivity contribution is 0.0697. The molecule has 0 amide bonds. The van der Waals surface area contributed by atoms with Crippen molar-refractivity contribution in [2.75, 3.05) is 6.61 Å². The van der Waals surface area contributed by atoms with Crippen LogP contribution in [0.4, 0.5) is 0 Å². The largest absolute Gasteiger partial charge is 0.492 e. The molecule has 6 nitrogen and oxygen atoms in total. The van der Waals surface area contributed by atoms with E-state index in [1.807, 2.05) is 0 Å². The first kappa shape index (κ1) is 15.2. The third-order valence-electron chi connectivity index (χ3n) is 3.31. The van der Waals surface area contributed by atoms with E-state index in [1.165, 1.54) is 22.8 Å². The van der Waals surface area contributed by atoms with E-state index in [2.05, 4.69) is 0 Å². The molecule has 0 spiro atoms. The normalized spacial score (nSPS) is 10.8. The predicted octanol–water partition coefficient (Wildman–Crippen LogP) is 3.03. The van der Waals surface area contributed by atoms with Crippen molar-refractivity contribution < 1.29 is 19.1 Å². The third kappa shape index (κ3) is 3.22. The number of aromatic nitrogens is 1. The Hall–Kier alpha value is -2.73. The van der Waals surface area contributed by atoms with Crippen molar-refractivity contribution in [2.24, 2.45) is 0 Å². The van der Waals surface area contributed by atoms with E-state index in [9.17, 15) is 9.59 Å². The van der Waals surface area contributed by atoms with E-state index in [1.54, 1.807) is 24.3 Å². The van der Waals surface area contributed by atoms with Crippen molar-refractivity contribution in [3.05, 3.63) is 63.6 Å². The van der Waals surface area contributed by atoms with Crippen LogP contribution in [0.15, 0.2) is 51.7 Å². The van der Waals surface area contributed by atoms with E-state index in [0.717, 1.165) is 0 Å². The van der Waals surface area contributed by atoms with Crippen molar-refractivity contribution in [1.82, 2.24) is 4.57 Å². The van der Waals surface area contributed by atoms with Crippen LogP contribution in [-0.2, 0) is 6.54 Å². The quantitative estimate of drug-likeness (QED) is 0.776. The third-order valence-corrected chi connectivity index (χ3v) is 3.56. The summed E-state index contributed by atoms with van der Waals surface area (Å²) in [5, 5.41) is 9.64. The standard InChI is InChI=1S/C16H12ClNO5/c17-11-2-4-12(5-3-11)22-8-7-18-13-9-10(15(19)20)1-6-14(13)23-16(18)21/h1-6,9H,7-8H2,(H,19,20). The number of carbonyl (C=O) groups is 1. The number of hydrogen-bond acceptors (Lipinski definition) is 4. The van der Waals surface area contributed by atoms with Gasteiger partial charge in [-0.05, 0) is 42.5 Å². The molecule has 0 aliphatic carbocycles. The van der Waals surface area contributed by atoms with Crippen LogP contribution in [0.3, 0.4) is 0 Å². The lowest BCUT2D eigenvalue weighted by Gasteiger charge is -2.06. The molecule has 0 aliphatic rings. The van der Waals surface area contributed by atoms with Gasteiger partial charge in [0.15, 0.2) is 5.58 Å². The van der Waals surface area contributed by atoms with Crippen LogP contribution in [0.25, 0.3) is 11.1 Å². The molecule has 0 radical (unpaired) electrons. The summed E-state index contributed by atoms with van der Waals surface area (Å²) in [6.07, 6.45) is 0. The first-order chi connectivity index (χ1) is 11.0. The van der Waals surface area contributed by atoms with Crippen LogP contribution in [0.5, 0.6) is 5.75 Å². The number of nitrogens with zero attached hydrogens (tertiary/aromatic N) is 1. The van der Waals surface area contributed by atoms with Crippen molar-refractivity contribution in [3.8, 4) is 5.75 Å². The lowest BCUT2D eigenvalue weighted by atomic mass is 10.2. The Kier molecular flexibility index (Phi) is 4.08. The van der Waals surface area contributed by atoms with Crippen molar-refractivity contribution in [1.29, 1.82) is 0 Å². The molecule has 118 valence electrons. The molecular formula is C16H12ClNO5. The number of oxazole rings is 1. The van der Waals surface area contributed by atoms with Crippen molar-refractivity contribution in [2.45, 2.75) is 6.54 Å².